The third kappa shape index (κ3) is 3.71. The lowest BCUT2D eigenvalue weighted by molar-refractivity contribution is 0.0948. The first kappa shape index (κ1) is 13.8. The number of rotatable bonds is 5. The minimum atomic E-state index is 0.581. The Labute approximate surface area is 118 Å². The molecule has 3 fully saturated rings. The average molecular weight is 266 g/mol. The van der Waals surface area contributed by atoms with E-state index in [1.807, 2.05) is 0 Å². The van der Waals surface area contributed by atoms with Gasteiger partial charge in [0.05, 0.1) is 6.10 Å². The van der Waals surface area contributed by atoms with Gasteiger partial charge in [-0.05, 0) is 83.5 Å². The molecule has 3 heteroatoms. The van der Waals surface area contributed by atoms with E-state index in [-0.39, 0.29) is 0 Å². The topological polar surface area (TPSA) is 24.5 Å². The zero-order chi connectivity index (χ0) is 12.9. The zero-order valence-electron chi connectivity index (χ0n) is 12.3. The molecular formula is C16H30N2O. The molecule has 3 heterocycles. The van der Waals surface area contributed by atoms with E-state index in [0.29, 0.717) is 6.10 Å². The Morgan fingerprint density at radius 2 is 2.11 bits per heavy atom. The van der Waals surface area contributed by atoms with Gasteiger partial charge in [0.2, 0.25) is 0 Å². The van der Waals surface area contributed by atoms with E-state index in [1.165, 1.54) is 77.5 Å². The van der Waals surface area contributed by atoms with Crippen LogP contribution in [0.2, 0.25) is 0 Å². The molecule has 3 aliphatic rings. The molecule has 19 heavy (non-hydrogen) atoms. The van der Waals surface area contributed by atoms with Crippen molar-refractivity contribution in [1.82, 2.24) is 10.2 Å². The average Bonchev–Trinajstić information content (AvgIpc) is 3.11. The van der Waals surface area contributed by atoms with Crippen molar-refractivity contribution in [2.75, 3.05) is 32.8 Å². The van der Waals surface area contributed by atoms with Gasteiger partial charge in [0.1, 0.15) is 0 Å². The summed E-state index contributed by atoms with van der Waals surface area (Å²) in [4.78, 5) is 2.78. The Bertz CT molecular complexity index is 259. The smallest absolute Gasteiger partial charge is 0.0576 e. The maximum Gasteiger partial charge on any atom is 0.0576 e. The highest BCUT2D eigenvalue weighted by atomic mass is 16.5. The Kier molecular flexibility index (Phi) is 5.14. The van der Waals surface area contributed by atoms with Crippen LogP contribution in [0.4, 0.5) is 0 Å². The summed E-state index contributed by atoms with van der Waals surface area (Å²) < 4.78 is 5.73. The van der Waals surface area contributed by atoms with Gasteiger partial charge in [-0.2, -0.15) is 0 Å². The SMILES string of the molecule is C1COC(CCCN2CCCC2C2CCCNC2)C1. The normalized spacial score (nSPS) is 36.9. The molecular weight excluding hydrogens is 236 g/mol. The van der Waals surface area contributed by atoms with Gasteiger partial charge in [-0.25, -0.2) is 0 Å². The van der Waals surface area contributed by atoms with Gasteiger partial charge in [-0.1, -0.05) is 0 Å². The van der Waals surface area contributed by atoms with Crippen molar-refractivity contribution in [3.63, 3.8) is 0 Å². The van der Waals surface area contributed by atoms with Crippen molar-refractivity contribution < 1.29 is 4.74 Å². The molecule has 0 aromatic rings. The van der Waals surface area contributed by atoms with Gasteiger partial charge in [0.15, 0.2) is 0 Å². The van der Waals surface area contributed by atoms with Crippen LogP contribution < -0.4 is 5.32 Å². The molecule has 3 atom stereocenters. The number of nitrogens with zero attached hydrogens (tertiary/aromatic N) is 1. The molecule has 3 aliphatic heterocycles. The van der Waals surface area contributed by atoms with E-state index in [9.17, 15) is 0 Å². The highest BCUT2D eigenvalue weighted by Crippen LogP contribution is 2.28. The number of ether oxygens (including phenoxy) is 1. The molecule has 0 saturated carbocycles. The molecule has 0 radical (unpaired) electrons. The highest BCUT2D eigenvalue weighted by molar-refractivity contribution is 4.88. The second-order valence-corrected chi connectivity index (χ2v) is 6.63. The fraction of sp³-hybridized carbons (Fsp3) is 1.00. The van der Waals surface area contributed by atoms with Crippen LogP contribution in [0.15, 0.2) is 0 Å². The third-order valence-electron chi connectivity index (χ3n) is 5.29. The monoisotopic (exact) mass is 266 g/mol. The first-order chi connectivity index (χ1) is 9.43. The van der Waals surface area contributed by atoms with Crippen LogP contribution in [0.25, 0.3) is 0 Å². The lowest BCUT2D eigenvalue weighted by atomic mass is 9.90. The van der Waals surface area contributed by atoms with Crippen molar-refractivity contribution in [3.05, 3.63) is 0 Å². The largest absolute Gasteiger partial charge is 0.378 e. The fourth-order valence-electron chi connectivity index (χ4n) is 4.26. The van der Waals surface area contributed by atoms with Crippen LogP contribution in [-0.4, -0.2) is 49.8 Å². The van der Waals surface area contributed by atoms with Gasteiger partial charge < -0.3 is 15.0 Å². The standard InChI is InChI=1S/C16H30N2O/c1-5-14(13-17-9-1)16-8-3-11-18(16)10-2-6-15-7-4-12-19-15/h14-17H,1-13H2. The summed E-state index contributed by atoms with van der Waals surface area (Å²) >= 11 is 0. The predicted molar refractivity (Wildman–Crippen MR) is 78.4 cm³/mol. The summed E-state index contributed by atoms with van der Waals surface area (Å²) in [6.07, 6.45) is 11.5. The molecule has 3 saturated heterocycles. The first-order valence-corrected chi connectivity index (χ1v) is 8.50. The third-order valence-corrected chi connectivity index (χ3v) is 5.29. The van der Waals surface area contributed by atoms with Crippen LogP contribution in [0.1, 0.15) is 51.4 Å². The molecule has 110 valence electrons. The van der Waals surface area contributed by atoms with E-state index in [1.54, 1.807) is 0 Å². The van der Waals surface area contributed by atoms with E-state index < -0.39 is 0 Å². The van der Waals surface area contributed by atoms with Gasteiger partial charge in [-0.15, -0.1) is 0 Å². The van der Waals surface area contributed by atoms with Crippen molar-refractivity contribution in [1.29, 1.82) is 0 Å². The number of hydrogen-bond acceptors (Lipinski definition) is 3. The summed E-state index contributed by atoms with van der Waals surface area (Å²) in [5.74, 6) is 0.916. The lowest BCUT2D eigenvalue weighted by Gasteiger charge is -2.34. The number of likely N-dealkylation sites (tertiary alicyclic amines) is 1. The Morgan fingerprint density at radius 3 is 2.89 bits per heavy atom. The Hall–Kier alpha value is -0.120. The number of piperidine rings is 1. The van der Waals surface area contributed by atoms with Gasteiger partial charge >= 0.3 is 0 Å². The summed E-state index contributed by atoms with van der Waals surface area (Å²) in [5, 5.41) is 3.59. The maximum atomic E-state index is 5.73. The summed E-state index contributed by atoms with van der Waals surface area (Å²) in [5.41, 5.74) is 0. The molecule has 3 nitrogen and oxygen atoms in total. The van der Waals surface area contributed by atoms with Crippen molar-refractivity contribution >= 4 is 0 Å². The lowest BCUT2D eigenvalue weighted by Crippen LogP contribution is -2.43. The van der Waals surface area contributed by atoms with Gasteiger partial charge in [0.25, 0.3) is 0 Å². The second-order valence-electron chi connectivity index (χ2n) is 6.63. The molecule has 0 spiro atoms. The van der Waals surface area contributed by atoms with Crippen molar-refractivity contribution in [2.45, 2.75) is 63.5 Å². The van der Waals surface area contributed by atoms with Gasteiger partial charge in [0, 0.05) is 12.6 Å². The molecule has 3 rings (SSSR count). The van der Waals surface area contributed by atoms with Crippen molar-refractivity contribution in [2.24, 2.45) is 5.92 Å². The fourth-order valence-corrected chi connectivity index (χ4v) is 4.26. The van der Waals surface area contributed by atoms with Crippen molar-refractivity contribution in [3.8, 4) is 0 Å². The summed E-state index contributed by atoms with van der Waals surface area (Å²) in [6, 6.07) is 0.872. The molecule has 0 aromatic carbocycles. The Balaban J connectivity index is 1.40. The molecule has 0 amide bonds. The van der Waals surface area contributed by atoms with Crippen LogP contribution in [0.5, 0.6) is 0 Å². The molecule has 0 aliphatic carbocycles. The Morgan fingerprint density at radius 1 is 1.11 bits per heavy atom. The number of nitrogens with one attached hydrogen (secondary N) is 1. The van der Waals surface area contributed by atoms with Crippen LogP contribution in [-0.2, 0) is 4.74 Å². The van der Waals surface area contributed by atoms with E-state index in [0.717, 1.165) is 18.6 Å². The molecule has 0 aromatic heterocycles. The van der Waals surface area contributed by atoms with Gasteiger partial charge in [-0.3, -0.25) is 0 Å². The van der Waals surface area contributed by atoms with Crippen LogP contribution in [0.3, 0.4) is 0 Å². The van der Waals surface area contributed by atoms with Crippen LogP contribution in [0, 0.1) is 5.92 Å². The molecule has 3 unspecified atom stereocenters. The van der Waals surface area contributed by atoms with Crippen LogP contribution >= 0.6 is 0 Å². The minimum absolute atomic E-state index is 0.581. The van der Waals surface area contributed by atoms with E-state index in [2.05, 4.69) is 10.2 Å². The van der Waals surface area contributed by atoms with E-state index in [4.69, 9.17) is 4.74 Å². The molecule has 1 N–H and O–H groups in total. The molecule has 0 bridgehead atoms. The zero-order valence-corrected chi connectivity index (χ0v) is 12.3. The summed E-state index contributed by atoms with van der Waals surface area (Å²) in [7, 11) is 0. The maximum absolute atomic E-state index is 5.73. The number of hydrogen-bond donors (Lipinski definition) is 1. The first-order valence-electron chi connectivity index (χ1n) is 8.50. The van der Waals surface area contributed by atoms with E-state index >= 15 is 0 Å². The highest BCUT2D eigenvalue weighted by Gasteiger charge is 2.32. The quantitative estimate of drug-likeness (QED) is 0.827. The summed E-state index contributed by atoms with van der Waals surface area (Å²) in [6.45, 7) is 6.15. The second kappa shape index (κ2) is 7.05. The minimum Gasteiger partial charge on any atom is -0.378 e. The predicted octanol–water partition coefficient (Wildman–Crippen LogP) is 2.41.